The summed E-state index contributed by atoms with van der Waals surface area (Å²) in [5, 5.41) is 12.2. The van der Waals surface area contributed by atoms with E-state index in [1.165, 1.54) is 41.2 Å². The Morgan fingerprint density at radius 2 is 1.74 bits per heavy atom. The summed E-state index contributed by atoms with van der Waals surface area (Å²) in [6.45, 7) is 0.0134. The molecule has 1 heterocycles. The van der Waals surface area contributed by atoms with Crippen molar-refractivity contribution in [3.05, 3.63) is 92.5 Å². The van der Waals surface area contributed by atoms with Crippen molar-refractivity contribution in [1.29, 1.82) is 0 Å². The Labute approximate surface area is 205 Å². The number of carbonyl (C=O) groups is 1. The van der Waals surface area contributed by atoms with Gasteiger partial charge in [0.1, 0.15) is 5.75 Å². The molecule has 0 fully saturated rings. The van der Waals surface area contributed by atoms with Crippen molar-refractivity contribution < 1.29 is 27.8 Å². The molecule has 0 unspecified atom stereocenters. The summed E-state index contributed by atoms with van der Waals surface area (Å²) in [5.74, 6) is -1.37. The number of aromatic hydroxyl groups is 1. The highest BCUT2D eigenvalue weighted by Gasteiger charge is 2.31. The Bertz CT molecular complexity index is 1470. The first-order chi connectivity index (χ1) is 16.5. The molecule has 0 aliphatic carbocycles. The van der Waals surface area contributed by atoms with Crippen molar-refractivity contribution >= 4 is 45.7 Å². The zero-order valence-electron chi connectivity index (χ0n) is 17.4. The second-order valence-corrected chi connectivity index (χ2v) is 8.13. The van der Waals surface area contributed by atoms with Gasteiger partial charge in [0.25, 0.3) is 11.5 Å². The molecule has 3 aromatic carbocycles. The van der Waals surface area contributed by atoms with Crippen LogP contribution in [0.4, 0.5) is 18.9 Å². The van der Waals surface area contributed by atoms with Gasteiger partial charge in [-0.3, -0.25) is 14.2 Å². The van der Waals surface area contributed by atoms with Gasteiger partial charge in [0, 0.05) is 5.56 Å². The van der Waals surface area contributed by atoms with Crippen LogP contribution in [0.15, 0.2) is 65.7 Å². The predicted octanol–water partition coefficient (Wildman–Crippen LogP) is 5.61. The molecule has 4 aromatic rings. The lowest BCUT2D eigenvalue weighted by Crippen LogP contribution is -2.23. The van der Waals surface area contributed by atoms with E-state index in [9.17, 15) is 27.9 Å². The Hall–Kier alpha value is -3.76. The van der Waals surface area contributed by atoms with E-state index in [-0.39, 0.29) is 44.7 Å². The van der Waals surface area contributed by atoms with Gasteiger partial charge < -0.3 is 15.2 Å². The standard InChI is InChI=1S/C23H14Cl2F3N3O4/c24-15-8-13(9-16(25)20(15)32)21(33)30-18-3-1-2-17-19(18)22(34)31(11-29-17)10-12-4-6-14(7-5-12)35-23(26,27)28/h1-9,11,32H,10H2,(H,30,33). The monoisotopic (exact) mass is 523 g/mol. The summed E-state index contributed by atoms with van der Waals surface area (Å²) in [7, 11) is 0. The number of benzene rings is 3. The molecule has 0 saturated heterocycles. The first-order valence-electron chi connectivity index (χ1n) is 9.84. The van der Waals surface area contributed by atoms with Crippen LogP contribution in [0.3, 0.4) is 0 Å². The fourth-order valence-electron chi connectivity index (χ4n) is 3.30. The largest absolute Gasteiger partial charge is 0.573 e. The van der Waals surface area contributed by atoms with Crippen LogP contribution in [0, 0.1) is 0 Å². The fourth-order valence-corrected chi connectivity index (χ4v) is 3.79. The van der Waals surface area contributed by atoms with Crippen LogP contribution < -0.4 is 15.6 Å². The minimum atomic E-state index is -4.81. The van der Waals surface area contributed by atoms with Gasteiger partial charge in [-0.25, -0.2) is 4.98 Å². The van der Waals surface area contributed by atoms with Crippen LogP contribution in [-0.4, -0.2) is 26.9 Å². The van der Waals surface area contributed by atoms with E-state index in [1.54, 1.807) is 12.1 Å². The lowest BCUT2D eigenvalue weighted by Gasteiger charge is -2.12. The van der Waals surface area contributed by atoms with E-state index in [2.05, 4.69) is 15.0 Å². The van der Waals surface area contributed by atoms with Gasteiger partial charge in [-0.05, 0) is 42.0 Å². The Morgan fingerprint density at radius 3 is 2.37 bits per heavy atom. The number of phenolic OH excluding ortho intramolecular Hbond substituents is 1. The molecule has 1 amide bonds. The average Bonchev–Trinajstić information content (AvgIpc) is 2.79. The molecular weight excluding hydrogens is 510 g/mol. The molecule has 0 bridgehead atoms. The van der Waals surface area contributed by atoms with Crippen LogP contribution in [0.2, 0.25) is 10.0 Å². The minimum absolute atomic E-state index is 0.0134. The normalized spacial score (nSPS) is 11.5. The molecular formula is C23H14Cl2F3N3O4. The molecule has 0 aliphatic rings. The van der Waals surface area contributed by atoms with Gasteiger partial charge in [0.15, 0.2) is 5.75 Å². The Kier molecular flexibility index (Phi) is 6.60. The number of hydrogen-bond donors (Lipinski definition) is 2. The molecule has 35 heavy (non-hydrogen) atoms. The zero-order valence-corrected chi connectivity index (χ0v) is 18.9. The van der Waals surface area contributed by atoms with Gasteiger partial charge in [0.2, 0.25) is 0 Å². The quantitative estimate of drug-likeness (QED) is 0.354. The number of nitrogens with zero attached hydrogens (tertiary/aromatic N) is 2. The van der Waals surface area contributed by atoms with Crippen LogP contribution in [0.1, 0.15) is 15.9 Å². The molecule has 0 spiro atoms. The lowest BCUT2D eigenvalue weighted by atomic mass is 10.1. The van der Waals surface area contributed by atoms with Crippen molar-refractivity contribution in [2.45, 2.75) is 12.9 Å². The fraction of sp³-hybridized carbons (Fsp3) is 0.0870. The molecule has 7 nitrogen and oxygen atoms in total. The van der Waals surface area contributed by atoms with Crippen molar-refractivity contribution in [2.24, 2.45) is 0 Å². The third-order valence-corrected chi connectivity index (χ3v) is 5.47. The van der Waals surface area contributed by atoms with E-state index in [4.69, 9.17) is 23.2 Å². The SMILES string of the molecule is O=C(Nc1cccc2ncn(Cc3ccc(OC(F)(F)F)cc3)c(=O)c12)c1cc(Cl)c(O)c(Cl)c1. The maximum absolute atomic E-state index is 13.2. The third kappa shape index (κ3) is 5.50. The van der Waals surface area contributed by atoms with E-state index in [1.807, 2.05) is 0 Å². The molecule has 1 aromatic heterocycles. The molecule has 0 aliphatic heterocycles. The Balaban J connectivity index is 1.64. The molecule has 2 N–H and O–H groups in total. The number of carbonyl (C=O) groups excluding carboxylic acids is 1. The molecule has 12 heteroatoms. The third-order valence-electron chi connectivity index (χ3n) is 4.89. The molecule has 4 rings (SSSR count). The summed E-state index contributed by atoms with van der Waals surface area (Å²) in [6, 6.07) is 12.2. The molecule has 180 valence electrons. The highest BCUT2D eigenvalue weighted by atomic mass is 35.5. The number of amides is 1. The number of halogens is 5. The number of anilines is 1. The predicted molar refractivity (Wildman–Crippen MR) is 124 cm³/mol. The molecule has 0 radical (unpaired) electrons. The van der Waals surface area contributed by atoms with Crippen LogP contribution in [-0.2, 0) is 6.54 Å². The lowest BCUT2D eigenvalue weighted by molar-refractivity contribution is -0.274. The van der Waals surface area contributed by atoms with Gasteiger partial charge in [-0.1, -0.05) is 41.4 Å². The minimum Gasteiger partial charge on any atom is -0.505 e. The van der Waals surface area contributed by atoms with Gasteiger partial charge in [-0.15, -0.1) is 13.2 Å². The highest BCUT2D eigenvalue weighted by Crippen LogP contribution is 2.33. The number of rotatable bonds is 5. The summed E-state index contributed by atoms with van der Waals surface area (Å²) in [4.78, 5) is 30.2. The van der Waals surface area contributed by atoms with Crippen LogP contribution >= 0.6 is 23.2 Å². The zero-order chi connectivity index (χ0) is 25.3. The number of phenols is 1. The van der Waals surface area contributed by atoms with Gasteiger partial charge in [0.05, 0.1) is 39.5 Å². The summed E-state index contributed by atoms with van der Waals surface area (Å²) >= 11 is 11.8. The summed E-state index contributed by atoms with van der Waals surface area (Å²) in [5.41, 5.74) is 0.592. The maximum atomic E-state index is 13.2. The molecule has 0 saturated carbocycles. The highest BCUT2D eigenvalue weighted by molar-refractivity contribution is 6.37. The van der Waals surface area contributed by atoms with Crippen molar-refractivity contribution in [3.8, 4) is 11.5 Å². The van der Waals surface area contributed by atoms with Crippen molar-refractivity contribution in [2.75, 3.05) is 5.32 Å². The van der Waals surface area contributed by atoms with E-state index in [0.29, 0.717) is 11.1 Å². The van der Waals surface area contributed by atoms with E-state index < -0.39 is 17.8 Å². The number of ether oxygens (including phenoxy) is 1. The second kappa shape index (κ2) is 9.47. The Morgan fingerprint density at radius 1 is 1.09 bits per heavy atom. The number of aromatic nitrogens is 2. The van der Waals surface area contributed by atoms with Crippen LogP contribution in [0.5, 0.6) is 11.5 Å². The number of alkyl halides is 3. The number of fused-ring (bicyclic) bond motifs is 1. The van der Waals surface area contributed by atoms with Gasteiger partial charge >= 0.3 is 6.36 Å². The van der Waals surface area contributed by atoms with Gasteiger partial charge in [-0.2, -0.15) is 0 Å². The van der Waals surface area contributed by atoms with Crippen molar-refractivity contribution in [1.82, 2.24) is 9.55 Å². The number of nitrogens with one attached hydrogen (secondary N) is 1. The smallest absolute Gasteiger partial charge is 0.505 e. The van der Waals surface area contributed by atoms with Crippen molar-refractivity contribution in [3.63, 3.8) is 0 Å². The maximum Gasteiger partial charge on any atom is 0.573 e. The van der Waals surface area contributed by atoms with Crippen LogP contribution in [0.25, 0.3) is 10.9 Å². The number of hydrogen-bond acceptors (Lipinski definition) is 5. The van der Waals surface area contributed by atoms with E-state index >= 15 is 0 Å². The van der Waals surface area contributed by atoms with E-state index in [0.717, 1.165) is 12.1 Å². The molecule has 0 atom stereocenters. The first-order valence-corrected chi connectivity index (χ1v) is 10.6. The summed E-state index contributed by atoms with van der Waals surface area (Å²) < 4.78 is 42.2. The first kappa shape index (κ1) is 24.4. The topological polar surface area (TPSA) is 93.5 Å². The summed E-state index contributed by atoms with van der Waals surface area (Å²) in [6.07, 6.45) is -3.51. The average molecular weight is 524 g/mol. The second-order valence-electron chi connectivity index (χ2n) is 7.31.